The molecule has 0 heterocycles. The van der Waals surface area contributed by atoms with Crippen LogP contribution in [0.1, 0.15) is 19.4 Å². The van der Waals surface area contributed by atoms with E-state index < -0.39 is 5.97 Å². The van der Waals surface area contributed by atoms with Crippen LogP contribution in [0.15, 0.2) is 36.0 Å². The third-order valence-electron chi connectivity index (χ3n) is 2.36. The molecular weight excluding hydrogens is 228 g/mol. The van der Waals surface area contributed by atoms with Gasteiger partial charge in [0.25, 0.3) is 0 Å². The normalized spacial score (nSPS) is 10.6. The number of carbonyl (C=O) groups is 1. The van der Waals surface area contributed by atoms with E-state index >= 15 is 0 Å². The number of nitriles is 1. The minimum atomic E-state index is -0.613. The number of nitrogens with one attached hydrogen (secondary N) is 1. The van der Waals surface area contributed by atoms with E-state index in [-0.39, 0.29) is 12.2 Å². The van der Waals surface area contributed by atoms with Crippen molar-refractivity contribution < 1.29 is 9.53 Å². The molecule has 0 bridgehead atoms. The monoisotopic (exact) mass is 244 g/mol. The molecule has 1 aromatic rings. The molecule has 0 fully saturated rings. The Morgan fingerprint density at radius 1 is 1.39 bits per heavy atom. The Labute approximate surface area is 107 Å². The van der Waals surface area contributed by atoms with Crippen LogP contribution >= 0.6 is 0 Å². The average Bonchev–Trinajstić information content (AvgIpc) is 2.40. The molecule has 0 aromatic heterocycles. The summed E-state index contributed by atoms with van der Waals surface area (Å²) < 4.78 is 4.75. The molecule has 4 heteroatoms. The van der Waals surface area contributed by atoms with Gasteiger partial charge in [-0.25, -0.2) is 4.79 Å². The molecule has 0 radical (unpaired) electrons. The molecule has 0 saturated carbocycles. The van der Waals surface area contributed by atoms with Crippen molar-refractivity contribution in [1.29, 1.82) is 5.26 Å². The van der Waals surface area contributed by atoms with Crippen LogP contribution in [0, 0.1) is 11.3 Å². The van der Waals surface area contributed by atoms with Gasteiger partial charge in [0.15, 0.2) is 5.57 Å². The van der Waals surface area contributed by atoms with E-state index in [0.717, 1.165) is 12.1 Å². The number of ether oxygens (including phenoxy) is 1. The fourth-order valence-electron chi connectivity index (χ4n) is 1.34. The Morgan fingerprint density at radius 3 is 2.56 bits per heavy atom. The van der Waals surface area contributed by atoms with Crippen molar-refractivity contribution in [2.75, 3.05) is 11.9 Å². The first-order chi connectivity index (χ1) is 8.71. The highest BCUT2D eigenvalue weighted by molar-refractivity contribution is 5.93. The van der Waals surface area contributed by atoms with Crippen molar-refractivity contribution in [3.63, 3.8) is 0 Å². The molecule has 4 nitrogen and oxygen atoms in total. The van der Waals surface area contributed by atoms with Crippen LogP contribution < -0.4 is 5.32 Å². The minimum Gasteiger partial charge on any atom is -0.462 e. The Kier molecular flexibility index (Phi) is 5.46. The smallest absolute Gasteiger partial charge is 0.350 e. The minimum absolute atomic E-state index is 0.0450. The summed E-state index contributed by atoms with van der Waals surface area (Å²) in [5, 5.41) is 11.7. The van der Waals surface area contributed by atoms with Gasteiger partial charge in [0.1, 0.15) is 6.07 Å². The van der Waals surface area contributed by atoms with Crippen molar-refractivity contribution in [1.82, 2.24) is 0 Å². The molecule has 0 aliphatic heterocycles. The number of nitrogens with zero attached hydrogens (tertiary/aromatic N) is 1. The van der Waals surface area contributed by atoms with Gasteiger partial charge in [0, 0.05) is 11.9 Å². The Hall–Kier alpha value is -2.28. The number of rotatable bonds is 5. The first-order valence-electron chi connectivity index (χ1n) is 5.84. The van der Waals surface area contributed by atoms with Crippen LogP contribution in [0.25, 0.3) is 0 Å². The Morgan fingerprint density at radius 2 is 2.06 bits per heavy atom. The molecule has 18 heavy (non-hydrogen) atoms. The van der Waals surface area contributed by atoms with E-state index in [2.05, 4.69) is 12.2 Å². The summed E-state index contributed by atoms with van der Waals surface area (Å²) in [7, 11) is 0. The zero-order chi connectivity index (χ0) is 13.4. The Balaban J connectivity index is 2.71. The largest absolute Gasteiger partial charge is 0.462 e. The SMILES string of the molecule is CCOC(=O)/C(C#N)=C/Nc1ccc(CC)cc1. The van der Waals surface area contributed by atoms with Crippen molar-refractivity contribution in [3.8, 4) is 6.07 Å². The van der Waals surface area contributed by atoms with Gasteiger partial charge in [-0.2, -0.15) is 5.26 Å². The average molecular weight is 244 g/mol. The maximum absolute atomic E-state index is 11.3. The van der Waals surface area contributed by atoms with E-state index in [1.54, 1.807) is 13.0 Å². The van der Waals surface area contributed by atoms with E-state index in [4.69, 9.17) is 10.00 Å². The van der Waals surface area contributed by atoms with Crippen LogP contribution in [0.3, 0.4) is 0 Å². The molecule has 0 spiro atoms. The second kappa shape index (κ2) is 7.13. The quantitative estimate of drug-likeness (QED) is 0.491. The summed E-state index contributed by atoms with van der Waals surface area (Å²) in [6.07, 6.45) is 2.33. The molecule has 1 rings (SSSR count). The number of aryl methyl sites for hydroxylation is 1. The standard InChI is InChI=1S/C14H16N2O2/c1-3-11-5-7-13(8-6-11)16-10-12(9-15)14(17)18-4-2/h5-8,10,16H,3-4H2,1-2H3/b12-10+. The molecular formula is C14H16N2O2. The second-order valence-electron chi connectivity index (χ2n) is 3.59. The second-order valence-corrected chi connectivity index (χ2v) is 3.59. The van der Waals surface area contributed by atoms with Crippen LogP contribution in [0.4, 0.5) is 5.69 Å². The van der Waals surface area contributed by atoms with Crippen LogP contribution in [-0.4, -0.2) is 12.6 Å². The van der Waals surface area contributed by atoms with E-state index in [1.807, 2.05) is 24.3 Å². The zero-order valence-corrected chi connectivity index (χ0v) is 10.6. The molecule has 1 aromatic carbocycles. The van der Waals surface area contributed by atoms with Crippen molar-refractivity contribution in [2.45, 2.75) is 20.3 Å². The zero-order valence-electron chi connectivity index (χ0n) is 10.6. The summed E-state index contributed by atoms with van der Waals surface area (Å²) in [4.78, 5) is 11.3. The molecule has 1 N–H and O–H groups in total. The molecule has 0 aliphatic carbocycles. The van der Waals surface area contributed by atoms with E-state index in [1.165, 1.54) is 11.8 Å². The molecule has 0 atom stereocenters. The van der Waals surface area contributed by atoms with E-state index in [9.17, 15) is 4.79 Å². The number of benzene rings is 1. The van der Waals surface area contributed by atoms with E-state index in [0.29, 0.717) is 0 Å². The molecule has 0 amide bonds. The lowest BCUT2D eigenvalue weighted by atomic mass is 10.1. The van der Waals surface area contributed by atoms with Gasteiger partial charge in [0.05, 0.1) is 6.61 Å². The maximum atomic E-state index is 11.3. The molecule has 0 saturated heterocycles. The molecule has 0 aliphatic rings. The topological polar surface area (TPSA) is 62.1 Å². The molecule has 0 unspecified atom stereocenters. The van der Waals surface area contributed by atoms with Crippen molar-refractivity contribution in [3.05, 3.63) is 41.6 Å². The highest BCUT2D eigenvalue weighted by Crippen LogP contribution is 2.10. The number of anilines is 1. The van der Waals surface area contributed by atoms with Crippen LogP contribution in [0.2, 0.25) is 0 Å². The molecule has 94 valence electrons. The van der Waals surface area contributed by atoms with Gasteiger partial charge in [-0.05, 0) is 31.0 Å². The maximum Gasteiger partial charge on any atom is 0.350 e. The highest BCUT2D eigenvalue weighted by atomic mass is 16.5. The summed E-state index contributed by atoms with van der Waals surface area (Å²) in [6, 6.07) is 9.59. The summed E-state index contributed by atoms with van der Waals surface area (Å²) in [5.74, 6) is -0.613. The lowest BCUT2D eigenvalue weighted by Gasteiger charge is -2.03. The van der Waals surface area contributed by atoms with Crippen LogP contribution in [0.5, 0.6) is 0 Å². The summed E-state index contributed by atoms with van der Waals surface area (Å²) >= 11 is 0. The summed E-state index contributed by atoms with van der Waals surface area (Å²) in [5.41, 5.74) is 2.01. The third kappa shape index (κ3) is 3.95. The predicted octanol–water partition coefficient (Wildman–Crippen LogP) is 2.63. The predicted molar refractivity (Wildman–Crippen MR) is 69.8 cm³/mol. The fraction of sp³-hybridized carbons (Fsp3) is 0.286. The van der Waals surface area contributed by atoms with Gasteiger partial charge in [-0.15, -0.1) is 0 Å². The van der Waals surface area contributed by atoms with Crippen molar-refractivity contribution in [2.24, 2.45) is 0 Å². The van der Waals surface area contributed by atoms with Gasteiger partial charge < -0.3 is 10.1 Å². The number of carbonyl (C=O) groups excluding carboxylic acids is 1. The number of hydrogen-bond donors (Lipinski definition) is 1. The van der Waals surface area contributed by atoms with Gasteiger partial charge >= 0.3 is 5.97 Å². The van der Waals surface area contributed by atoms with Gasteiger partial charge in [-0.1, -0.05) is 19.1 Å². The van der Waals surface area contributed by atoms with Gasteiger partial charge in [-0.3, -0.25) is 0 Å². The lowest BCUT2D eigenvalue weighted by molar-refractivity contribution is -0.138. The first-order valence-corrected chi connectivity index (χ1v) is 5.84. The first kappa shape index (κ1) is 13.8. The number of hydrogen-bond acceptors (Lipinski definition) is 4. The van der Waals surface area contributed by atoms with Crippen molar-refractivity contribution >= 4 is 11.7 Å². The summed E-state index contributed by atoms with van der Waals surface area (Å²) in [6.45, 7) is 4.03. The number of esters is 1. The van der Waals surface area contributed by atoms with Crippen LogP contribution in [-0.2, 0) is 16.0 Å². The highest BCUT2D eigenvalue weighted by Gasteiger charge is 2.08. The fourth-order valence-corrected chi connectivity index (χ4v) is 1.34. The lowest BCUT2D eigenvalue weighted by Crippen LogP contribution is -2.07. The Bertz CT molecular complexity index is 470. The van der Waals surface area contributed by atoms with Gasteiger partial charge in [0.2, 0.25) is 0 Å². The third-order valence-corrected chi connectivity index (χ3v) is 2.36.